The molecule has 1 aromatic heterocycles. The fraction of sp³-hybridized carbons (Fsp3) is 0.296. The third-order valence-corrected chi connectivity index (χ3v) is 6.56. The zero-order chi connectivity index (χ0) is 26.7. The Hall–Kier alpha value is -4.00. The van der Waals surface area contributed by atoms with E-state index in [0.29, 0.717) is 41.7 Å². The summed E-state index contributed by atoms with van der Waals surface area (Å²) in [5.41, 5.74) is 11.7. The molecular weight excluding hydrogens is 492 g/mol. The van der Waals surface area contributed by atoms with Crippen LogP contribution in [-0.4, -0.2) is 71.8 Å². The van der Waals surface area contributed by atoms with Gasteiger partial charge in [0, 0.05) is 36.7 Å². The summed E-state index contributed by atoms with van der Waals surface area (Å²) in [7, 11) is 3.17. The van der Waals surface area contributed by atoms with Crippen molar-refractivity contribution in [2.75, 3.05) is 27.3 Å². The molecule has 10 heteroatoms. The fourth-order valence-corrected chi connectivity index (χ4v) is 4.83. The third kappa shape index (κ3) is 5.40. The number of amides is 2. The molecule has 1 saturated heterocycles. The lowest BCUT2D eigenvalue weighted by atomic mass is 10.1. The summed E-state index contributed by atoms with van der Waals surface area (Å²) in [6.07, 6.45) is 5.64. The van der Waals surface area contributed by atoms with Crippen LogP contribution in [0, 0.1) is 24.7 Å². The molecule has 1 unspecified atom stereocenters. The number of hydrogen-bond acceptors (Lipinski definition) is 6. The number of fused-ring (bicyclic) bond motifs is 1. The average Bonchev–Trinajstić information content (AvgIpc) is 3.43. The molecule has 2 amide bonds. The van der Waals surface area contributed by atoms with E-state index >= 15 is 0 Å². The molecule has 2 aromatic rings. The Morgan fingerprint density at radius 3 is 2.86 bits per heavy atom. The lowest BCUT2D eigenvalue weighted by Crippen LogP contribution is -2.37. The Labute approximate surface area is 220 Å². The monoisotopic (exact) mass is 519 g/mol. The van der Waals surface area contributed by atoms with Gasteiger partial charge in [0.1, 0.15) is 19.0 Å². The number of nitrogens with zero attached hydrogens (tertiary/aromatic N) is 4. The molecule has 0 radical (unpaired) electrons. The number of aryl methyl sites for hydroxylation is 1. The van der Waals surface area contributed by atoms with E-state index in [-0.39, 0.29) is 23.4 Å². The van der Waals surface area contributed by atoms with Gasteiger partial charge in [0.05, 0.1) is 23.2 Å². The zero-order valence-electron chi connectivity index (χ0n) is 20.9. The normalized spacial score (nSPS) is 21.4. The van der Waals surface area contributed by atoms with E-state index in [1.807, 2.05) is 31.3 Å². The van der Waals surface area contributed by atoms with Crippen molar-refractivity contribution in [1.82, 2.24) is 15.3 Å². The summed E-state index contributed by atoms with van der Waals surface area (Å²) in [5.74, 6) is 5.52. The molecule has 2 aliphatic heterocycles. The van der Waals surface area contributed by atoms with E-state index in [9.17, 15) is 9.59 Å². The molecule has 2 aliphatic rings. The topological polar surface area (TPSA) is 113 Å². The number of likely N-dealkylation sites (tertiary alicyclic amines) is 1. The summed E-state index contributed by atoms with van der Waals surface area (Å²) in [6.45, 7) is 6.44. The molecule has 0 aliphatic carbocycles. The lowest BCUT2D eigenvalue weighted by molar-refractivity contribution is -0.456. The first-order valence-electron chi connectivity index (χ1n) is 11.7. The molecule has 0 saturated carbocycles. The van der Waals surface area contributed by atoms with Crippen molar-refractivity contribution in [3.63, 3.8) is 0 Å². The van der Waals surface area contributed by atoms with Gasteiger partial charge in [-0.1, -0.05) is 29.1 Å². The Morgan fingerprint density at radius 1 is 1.41 bits per heavy atom. The van der Waals surface area contributed by atoms with Crippen molar-refractivity contribution in [2.45, 2.75) is 19.4 Å². The summed E-state index contributed by atoms with van der Waals surface area (Å²) >= 11 is 6.48. The van der Waals surface area contributed by atoms with E-state index in [2.05, 4.69) is 33.8 Å². The first-order chi connectivity index (χ1) is 17.7. The molecule has 0 bridgehead atoms. The van der Waals surface area contributed by atoms with Gasteiger partial charge in [0.25, 0.3) is 5.91 Å². The largest absolute Gasteiger partial charge is 0.383 e. The standard InChI is InChI=1S/C27H27ClN6O3/c1-5-24(35)33-13-17(9-20(33)15-37-4)14-34-27(30-3)25(26(29)36)22(32-34)7-6-18-11-23-19(10-21(18)28)8-16(2)12-31-23/h5,8,10-12,14,17,20H,1,9,13,15H2,2-4H3,(H2-,29,30,32,36)/p+1/b34-14-/t17?,20-/m1/s1. The summed E-state index contributed by atoms with van der Waals surface area (Å²) in [6, 6.07) is 5.54. The van der Waals surface area contributed by atoms with E-state index in [1.165, 1.54) is 6.08 Å². The Balaban J connectivity index is 1.66. The van der Waals surface area contributed by atoms with Crippen molar-refractivity contribution in [3.05, 3.63) is 64.5 Å². The van der Waals surface area contributed by atoms with Gasteiger partial charge in [0.2, 0.25) is 5.91 Å². The number of carbonyl (C=O) groups excluding carboxylic acids is 2. The van der Waals surface area contributed by atoms with Crippen molar-refractivity contribution in [2.24, 2.45) is 16.6 Å². The number of carbonyl (C=O) groups is 2. The van der Waals surface area contributed by atoms with Crippen molar-refractivity contribution in [3.8, 4) is 11.8 Å². The number of nitrogens with one attached hydrogen (secondary N) is 1. The predicted octanol–water partition coefficient (Wildman–Crippen LogP) is 1.97. The molecule has 1 aromatic carbocycles. The van der Waals surface area contributed by atoms with Crippen LogP contribution in [0.5, 0.6) is 0 Å². The number of rotatable bonds is 5. The molecule has 0 spiro atoms. The Morgan fingerprint density at radius 2 is 2.19 bits per heavy atom. The van der Waals surface area contributed by atoms with E-state index in [0.717, 1.165) is 16.5 Å². The van der Waals surface area contributed by atoms with Crippen molar-refractivity contribution in [1.29, 1.82) is 0 Å². The number of benzene rings is 1. The summed E-state index contributed by atoms with van der Waals surface area (Å²) in [5, 5.41) is 1.39. The average molecular weight is 520 g/mol. The van der Waals surface area contributed by atoms with Crippen LogP contribution in [0.25, 0.3) is 10.9 Å². The van der Waals surface area contributed by atoms with Crippen LogP contribution in [0.3, 0.4) is 0 Å². The minimum atomic E-state index is -0.665. The summed E-state index contributed by atoms with van der Waals surface area (Å²) in [4.78, 5) is 35.2. The first kappa shape index (κ1) is 26.1. The number of hydrazone groups is 1. The number of hydrazine groups is 1. The highest BCUT2D eigenvalue weighted by Gasteiger charge is 2.39. The molecule has 9 nitrogen and oxygen atoms in total. The van der Waals surface area contributed by atoms with Gasteiger partial charge in [-0.05, 0) is 49.1 Å². The predicted molar refractivity (Wildman–Crippen MR) is 143 cm³/mol. The highest BCUT2D eigenvalue weighted by molar-refractivity contribution is 6.32. The number of aliphatic imine (C=N–C) groups is 1. The van der Waals surface area contributed by atoms with Crippen LogP contribution < -0.4 is 11.2 Å². The zero-order valence-corrected chi connectivity index (χ0v) is 21.7. The SMILES string of the molecule is C=CC(=O)N1CC(/C=[N+]2\NC(C#Cc3cc4ncc(C)cc4cc3Cl)=C(C(N)=O)C2=NC)C[C@@H]1COC. The van der Waals surface area contributed by atoms with Gasteiger partial charge in [0.15, 0.2) is 5.57 Å². The third-order valence-electron chi connectivity index (χ3n) is 6.24. The lowest BCUT2D eigenvalue weighted by Gasteiger charge is -2.22. The number of halogens is 1. The van der Waals surface area contributed by atoms with E-state index in [1.54, 1.807) is 29.9 Å². The molecular formula is C27H28ClN6O3+. The second-order valence-corrected chi connectivity index (χ2v) is 9.29. The quantitative estimate of drug-likeness (QED) is 0.356. The smallest absolute Gasteiger partial charge is 0.356 e. The number of allylic oxidation sites excluding steroid dienone is 1. The van der Waals surface area contributed by atoms with Gasteiger partial charge < -0.3 is 15.4 Å². The maximum absolute atomic E-state index is 12.4. The van der Waals surface area contributed by atoms with Crippen LogP contribution in [0.1, 0.15) is 17.5 Å². The van der Waals surface area contributed by atoms with Crippen LogP contribution in [0.2, 0.25) is 5.02 Å². The van der Waals surface area contributed by atoms with Crippen LogP contribution >= 0.6 is 11.6 Å². The number of amidine groups is 1. The number of ether oxygens (including phenoxy) is 1. The van der Waals surface area contributed by atoms with Crippen LogP contribution in [0.15, 0.2) is 53.3 Å². The molecule has 3 N–H and O–H groups in total. The second-order valence-electron chi connectivity index (χ2n) is 8.88. The molecule has 1 fully saturated rings. The minimum Gasteiger partial charge on any atom is -0.383 e. The van der Waals surface area contributed by atoms with Crippen molar-refractivity contribution < 1.29 is 19.0 Å². The number of pyridine rings is 1. The number of aromatic nitrogens is 1. The molecule has 2 atom stereocenters. The summed E-state index contributed by atoms with van der Waals surface area (Å²) < 4.78 is 6.93. The van der Waals surface area contributed by atoms with Crippen molar-refractivity contribution >= 4 is 46.4 Å². The number of nitrogens with two attached hydrogens (primary N) is 1. The number of hydrogen-bond donors (Lipinski definition) is 2. The van der Waals surface area contributed by atoms with Gasteiger partial charge in [-0.3, -0.25) is 14.6 Å². The van der Waals surface area contributed by atoms with Gasteiger partial charge >= 0.3 is 5.84 Å². The van der Waals surface area contributed by atoms with Gasteiger partial charge in [-0.15, -0.1) is 4.68 Å². The first-order valence-corrected chi connectivity index (χ1v) is 12.1. The minimum absolute atomic E-state index is 0.0285. The van der Waals surface area contributed by atoms with Gasteiger partial charge in [-0.2, -0.15) is 0 Å². The maximum Gasteiger partial charge on any atom is 0.356 e. The van der Waals surface area contributed by atoms with E-state index in [4.69, 9.17) is 22.1 Å². The molecule has 3 heterocycles. The Kier molecular flexibility index (Phi) is 7.71. The molecule has 4 rings (SSSR count). The van der Waals surface area contributed by atoms with Crippen LogP contribution in [-0.2, 0) is 14.3 Å². The Bertz CT molecular complexity index is 1450. The maximum atomic E-state index is 12.4. The van der Waals surface area contributed by atoms with Crippen LogP contribution in [0.4, 0.5) is 0 Å². The fourth-order valence-electron chi connectivity index (χ4n) is 4.61. The number of primary amides is 1. The highest BCUT2D eigenvalue weighted by atomic mass is 35.5. The number of methoxy groups -OCH3 is 1. The molecule has 190 valence electrons. The second kappa shape index (κ2) is 10.9. The van der Waals surface area contributed by atoms with E-state index < -0.39 is 5.91 Å². The van der Waals surface area contributed by atoms with Gasteiger partial charge in [-0.25, -0.2) is 5.43 Å². The highest BCUT2D eigenvalue weighted by Crippen LogP contribution is 2.25. The molecule has 37 heavy (non-hydrogen) atoms.